The molecule has 3 aromatic rings. The van der Waals surface area contributed by atoms with Gasteiger partial charge in [0.1, 0.15) is 5.78 Å². The second-order valence-corrected chi connectivity index (χ2v) is 6.82. The molecule has 134 valence electrons. The molecule has 0 spiro atoms. The van der Waals surface area contributed by atoms with Gasteiger partial charge in [0, 0.05) is 28.8 Å². The molecule has 27 heavy (non-hydrogen) atoms. The van der Waals surface area contributed by atoms with Crippen LogP contribution in [0.2, 0.25) is 0 Å². The van der Waals surface area contributed by atoms with Crippen molar-refractivity contribution >= 4 is 39.5 Å². The summed E-state index contributed by atoms with van der Waals surface area (Å²) in [5, 5.41) is 5.08. The Morgan fingerprint density at radius 3 is 2.44 bits per heavy atom. The van der Waals surface area contributed by atoms with Crippen molar-refractivity contribution in [2.24, 2.45) is 10.9 Å². The first-order valence-corrected chi connectivity index (χ1v) is 9.11. The number of nitrogens with one attached hydrogen (secondary N) is 1. The molecule has 1 saturated carbocycles. The lowest BCUT2D eigenvalue weighted by atomic mass is 10.1. The first-order valence-electron chi connectivity index (χ1n) is 9.11. The number of aliphatic imine (C=N–C) groups is 1. The van der Waals surface area contributed by atoms with Gasteiger partial charge in [-0.2, -0.15) is 0 Å². The number of anilines is 1. The lowest BCUT2D eigenvalue weighted by Crippen LogP contribution is -2.12. The Hall–Kier alpha value is -3.27. The van der Waals surface area contributed by atoms with Crippen LogP contribution in [0.15, 0.2) is 71.7 Å². The summed E-state index contributed by atoms with van der Waals surface area (Å²) in [5.41, 5.74) is 3.06. The fourth-order valence-corrected chi connectivity index (χ4v) is 3.40. The zero-order chi connectivity index (χ0) is 18.8. The fourth-order valence-electron chi connectivity index (χ4n) is 3.40. The molecule has 0 aliphatic heterocycles. The number of rotatable bonds is 3. The van der Waals surface area contributed by atoms with E-state index >= 15 is 0 Å². The van der Waals surface area contributed by atoms with E-state index in [1.807, 2.05) is 61.5 Å². The first-order chi connectivity index (χ1) is 13.1. The first kappa shape index (κ1) is 17.2. The number of amides is 1. The normalized spacial score (nSPS) is 18.2. The van der Waals surface area contributed by atoms with E-state index in [4.69, 9.17) is 0 Å². The highest BCUT2D eigenvalue weighted by molar-refractivity contribution is 6.12. The molecule has 4 heteroatoms. The molecule has 3 aromatic carbocycles. The van der Waals surface area contributed by atoms with Crippen LogP contribution >= 0.6 is 0 Å². The van der Waals surface area contributed by atoms with Gasteiger partial charge in [-0.1, -0.05) is 43.3 Å². The van der Waals surface area contributed by atoms with Crippen LogP contribution in [0.3, 0.4) is 0 Å². The van der Waals surface area contributed by atoms with E-state index in [0.29, 0.717) is 12.0 Å². The maximum Gasteiger partial charge on any atom is 0.255 e. The maximum absolute atomic E-state index is 12.6. The summed E-state index contributed by atoms with van der Waals surface area (Å²) >= 11 is 0. The minimum atomic E-state index is -0.157. The molecular formula is C23H20N2O2. The molecule has 0 heterocycles. The number of benzene rings is 3. The lowest BCUT2D eigenvalue weighted by Gasteiger charge is -2.09. The van der Waals surface area contributed by atoms with Crippen LogP contribution in [0, 0.1) is 5.92 Å². The highest BCUT2D eigenvalue weighted by atomic mass is 16.1. The van der Waals surface area contributed by atoms with Gasteiger partial charge in [-0.25, -0.2) is 0 Å². The van der Waals surface area contributed by atoms with E-state index < -0.39 is 0 Å². The molecule has 4 rings (SSSR count). The van der Waals surface area contributed by atoms with Gasteiger partial charge in [0.15, 0.2) is 0 Å². The Morgan fingerprint density at radius 1 is 0.963 bits per heavy atom. The maximum atomic E-state index is 12.6. The Balaban J connectivity index is 1.53. The van der Waals surface area contributed by atoms with E-state index in [2.05, 4.69) is 10.3 Å². The van der Waals surface area contributed by atoms with Crippen LogP contribution in [-0.2, 0) is 4.79 Å². The zero-order valence-electron chi connectivity index (χ0n) is 15.1. The molecule has 1 N–H and O–H groups in total. The molecule has 1 atom stereocenters. The van der Waals surface area contributed by atoms with E-state index in [-0.39, 0.29) is 17.6 Å². The molecule has 4 nitrogen and oxygen atoms in total. The van der Waals surface area contributed by atoms with Gasteiger partial charge in [0.05, 0.1) is 11.6 Å². The molecule has 0 aromatic heterocycles. The van der Waals surface area contributed by atoms with Gasteiger partial charge in [-0.3, -0.25) is 14.6 Å². The molecule has 1 amide bonds. The van der Waals surface area contributed by atoms with Crippen LogP contribution in [0.4, 0.5) is 11.4 Å². The largest absolute Gasteiger partial charge is 0.321 e. The van der Waals surface area contributed by atoms with E-state index in [1.54, 1.807) is 12.1 Å². The van der Waals surface area contributed by atoms with Gasteiger partial charge in [-0.15, -0.1) is 0 Å². The van der Waals surface area contributed by atoms with E-state index in [9.17, 15) is 9.59 Å². The minimum Gasteiger partial charge on any atom is -0.321 e. The Labute approximate surface area is 157 Å². The third-order valence-electron chi connectivity index (χ3n) is 5.05. The summed E-state index contributed by atoms with van der Waals surface area (Å²) in [6.45, 7) is 1.90. The van der Waals surface area contributed by atoms with Crippen LogP contribution in [0.25, 0.3) is 10.8 Å². The smallest absolute Gasteiger partial charge is 0.255 e. The number of carbonyl (C=O) groups excluding carboxylic acids is 2. The van der Waals surface area contributed by atoms with E-state index in [1.165, 1.54) is 0 Å². The predicted octanol–water partition coefficient (Wildman–Crippen LogP) is 5.16. The second-order valence-electron chi connectivity index (χ2n) is 6.82. The molecule has 1 unspecified atom stereocenters. The standard InChI is InChI=1S/C23H20N2O2/c1-15-20(13-14-22(15)26)24-18-11-9-17(10-12-18)23(27)25-21-8-4-6-16-5-2-3-7-19(16)21/h2-12,15H,13-14H2,1H3,(H,25,27). The van der Waals surface area contributed by atoms with Crippen molar-refractivity contribution in [1.29, 1.82) is 0 Å². The summed E-state index contributed by atoms with van der Waals surface area (Å²) in [7, 11) is 0. The summed E-state index contributed by atoms with van der Waals surface area (Å²) in [5.74, 6) is -0.00543. The molecule has 0 saturated heterocycles. The molecule has 0 radical (unpaired) electrons. The molecule has 1 aliphatic rings. The zero-order valence-corrected chi connectivity index (χ0v) is 15.1. The van der Waals surface area contributed by atoms with Crippen molar-refractivity contribution in [2.45, 2.75) is 19.8 Å². The molecular weight excluding hydrogens is 336 g/mol. The number of Topliss-reactive ketones (excluding diaryl/α,β-unsaturated/α-hetero) is 1. The fraction of sp³-hybridized carbons (Fsp3) is 0.174. The summed E-state index contributed by atoms with van der Waals surface area (Å²) in [4.78, 5) is 28.8. The van der Waals surface area contributed by atoms with Crippen molar-refractivity contribution in [2.75, 3.05) is 5.32 Å². The number of carbonyl (C=O) groups is 2. The second kappa shape index (κ2) is 7.16. The van der Waals surface area contributed by atoms with Crippen molar-refractivity contribution < 1.29 is 9.59 Å². The summed E-state index contributed by atoms with van der Waals surface area (Å²) in [6.07, 6.45) is 1.30. The number of nitrogens with zero attached hydrogens (tertiary/aromatic N) is 1. The van der Waals surface area contributed by atoms with Crippen molar-refractivity contribution in [1.82, 2.24) is 0 Å². The summed E-state index contributed by atoms with van der Waals surface area (Å²) < 4.78 is 0. The highest BCUT2D eigenvalue weighted by Gasteiger charge is 2.26. The van der Waals surface area contributed by atoms with Gasteiger partial charge in [0.2, 0.25) is 0 Å². The van der Waals surface area contributed by atoms with Gasteiger partial charge >= 0.3 is 0 Å². The third kappa shape index (κ3) is 3.51. The van der Waals surface area contributed by atoms with Crippen LogP contribution in [-0.4, -0.2) is 17.4 Å². The van der Waals surface area contributed by atoms with Gasteiger partial charge in [0.25, 0.3) is 5.91 Å². The molecule has 1 fully saturated rings. The van der Waals surface area contributed by atoms with Crippen LogP contribution < -0.4 is 5.32 Å². The highest BCUT2D eigenvalue weighted by Crippen LogP contribution is 2.25. The average Bonchev–Trinajstić information content (AvgIpc) is 3.01. The Bertz CT molecular complexity index is 1050. The lowest BCUT2D eigenvalue weighted by molar-refractivity contribution is -0.119. The quantitative estimate of drug-likeness (QED) is 0.704. The minimum absolute atomic E-state index is 0.0978. The van der Waals surface area contributed by atoms with Crippen molar-refractivity contribution in [3.63, 3.8) is 0 Å². The van der Waals surface area contributed by atoms with E-state index in [0.717, 1.165) is 34.3 Å². The monoisotopic (exact) mass is 356 g/mol. The summed E-state index contributed by atoms with van der Waals surface area (Å²) in [6, 6.07) is 21.0. The van der Waals surface area contributed by atoms with Crippen LogP contribution in [0.5, 0.6) is 0 Å². The number of hydrogen-bond acceptors (Lipinski definition) is 3. The van der Waals surface area contributed by atoms with Crippen LogP contribution in [0.1, 0.15) is 30.1 Å². The SMILES string of the molecule is CC1C(=O)CCC1=Nc1ccc(C(=O)Nc2cccc3ccccc23)cc1. The van der Waals surface area contributed by atoms with Gasteiger partial charge < -0.3 is 5.32 Å². The average molecular weight is 356 g/mol. The molecule has 0 bridgehead atoms. The Morgan fingerprint density at radius 2 is 1.70 bits per heavy atom. The van der Waals surface area contributed by atoms with Gasteiger partial charge in [-0.05, 0) is 42.1 Å². The topological polar surface area (TPSA) is 58.5 Å². The number of hydrogen-bond donors (Lipinski definition) is 1. The predicted molar refractivity (Wildman–Crippen MR) is 109 cm³/mol. The van der Waals surface area contributed by atoms with Crippen molar-refractivity contribution in [3.05, 3.63) is 72.3 Å². The Kier molecular flexibility index (Phi) is 4.55. The molecule has 1 aliphatic carbocycles. The number of ketones is 1. The third-order valence-corrected chi connectivity index (χ3v) is 5.05. The van der Waals surface area contributed by atoms with Crippen molar-refractivity contribution in [3.8, 4) is 0 Å². The number of fused-ring (bicyclic) bond motifs is 1.